The van der Waals surface area contributed by atoms with E-state index in [4.69, 9.17) is 4.52 Å². The van der Waals surface area contributed by atoms with Gasteiger partial charge in [-0.3, -0.25) is 0 Å². The molecule has 2 heterocycles. The molecule has 1 N–H and O–H groups in total. The second kappa shape index (κ2) is 4.53. The number of nitrogens with zero attached hydrogens (tertiary/aromatic N) is 2. The van der Waals surface area contributed by atoms with Crippen LogP contribution in [0, 0.1) is 6.92 Å². The van der Waals surface area contributed by atoms with E-state index in [1.807, 2.05) is 12.1 Å². The first-order chi connectivity index (χ1) is 8.74. The minimum Gasteiger partial charge on any atom is -0.339 e. The Labute approximate surface area is 106 Å². The summed E-state index contributed by atoms with van der Waals surface area (Å²) < 4.78 is 5.40. The van der Waals surface area contributed by atoms with Crippen LogP contribution >= 0.6 is 0 Å². The molecule has 1 aromatic heterocycles. The van der Waals surface area contributed by atoms with Crippen LogP contribution in [0.15, 0.2) is 28.8 Å². The second-order valence-corrected chi connectivity index (χ2v) is 4.96. The summed E-state index contributed by atoms with van der Waals surface area (Å²) in [6.45, 7) is 5.25. The predicted molar refractivity (Wildman–Crippen MR) is 69.3 cm³/mol. The minimum atomic E-state index is 0.344. The molecule has 94 valence electrons. The average molecular weight is 243 g/mol. The number of hydrogen-bond donors (Lipinski definition) is 1. The molecule has 2 aromatic rings. The molecule has 1 aromatic carbocycles. The normalized spacial score (nSPS) is 23.4. The van der Waals surface area contributed by atoms with E-state index >= 15 is 0 Å². The largest absolute Gasteiger partial charge is 0.339 e. The number of aryl methyl sites for hydroxylation is 1. The van der Waals surface area contributed by atoms with Gasteiger partial charge in [0.2, 0.25) is 11.7 Å². The maximum Gasteiger partial charge on any atom is 0.231 e. The Balaban J connectivity index is 1.87. The molecule has 2 unspecified atom stereocenters. The second-order valence-electron chi connectivity index (χ2n) is 4.96. The van der Waals surface area contributed by atoms with E-state index in [1.54, 1.807) is 0 Å². The maximum absolute atomic E-state index is 5.40. The molecule has 0 saturated carbocycles. The third kappa shape index (κ3) is 2.04. The fourth-order valence-electron chi connectivity index (χ4n) is 2.40. The lowest BCUT2D eigenvalue weighted by Crippen LogP contribution is -2.21. The summed E-state index contributed by atoms with van der Waals surface area (Å²) in [5.74, 6) is 1.78. The molecular formula is C14H17N3O. The van der Waals surface area contributed by atoms with Gasteiger partial charge in [-0.15, -0.1) is 0 Å². The highest BCUT2D eigenvalue weighted by Gasteiger charge is 2.29. The lowest BCUT2D eigenvalue weighted by Gasteiger charge is -2.08. The van der Waals surface area contributed by atoms with Gasteiger partial charge in [0.15, 0.2) is 0 Å². The number of rotatable bonds is 2. The van der Waals surface area contributed by atoms with Crippen LogP contribution in [0.5, 0.6) is 0 Å². The molecule has 0 spiro atoms. The first kappa shape index (κ1) is 11.4. The van der Waals surface area contributed by atoms with Crippen LogP contribution in [0.3, 0.4) is 0 Å². The Kier molecular flexibility index (Phi) is 2.88. The molecule has 0 bridgehead atoms. The third-order valence-electron chi connectivity index (χ3n) is 3.59. The van der Waals surface area contributed by atoms with E-state index in [1.165, 1.54) is 5.56 Å². The van der Waals surface area contributed by atoms with Crippen molar-refractivity contribution in [1.29, 1.82) is 0 Å². The molecule has 3 rings (SSSR count). The molecule has 1 aliphatic heterocycles. The molecule has 2 atom stereocenters. The molecular weight excluding hydrogens is 226 g/mol. The zero-order valence-corrected chi connectivity index (χ0v) is 10.7. The highest BCUT2D eigenvalue weighted by Crippen LogP contribution is 2.27. The monoisotopic (exact) mass is 243 g/mol. The van der Waals surface area contributed by atoms with Crippen molar-refractivity contribution in [3.05, 3.63) is 35.7 Å². The number of nitrogens with one attached hydrogen (secondary N) is 1. The molecule has 0 amide bonds. The quantitative estimate of drug-likeness (QED) is 0.880. The van der Waals surface area contributed by atoms with Crippen molar-refractivity contribution < 1.29 is 4.52 Å². The molecule has 1 saturated heterocycles. The van der Waals surface area contributed by atoms with Crippen molar-refractivity contribution in [1.82, 2.24) is 15.5 Å². The standard InChI is InChI=1S/C14H17N3O/c1-9-3-5-11(6-4-9)13-16-14(18-17-13)12-7-8-15-10(12)2/h3-6,10,12,15H,7-8H2,1-2H3. The Hall–Kier alpha value is -1.68. The van der Waals surface area contributed by atoms with Crippen molar-refractivity contribution in [3.8, 4) is 11.4 Å². The van der Waals surface area contributed by atoms with Gasteiger partial charge in [-0.25, -0.2) is 0 Å². The van der Waals surface area contributed by atoms with Gasteiger partial charge < -0.3 is 9.84 Å². The lowest BCUT2D eigenvalue weighted by atomic mass is 10.0. The molecule has 18 heavy (non-hydrogen) atoms. The zero-order chi connectivity index (χ0) is 12.5. The van der Waals surface area contributed by atoms with E-state index in [0.29, 0.717) is 17.8 Å². The highest BCUT2D eigenvalue weighted by atomic mass is 16.5. The summed E-state index contributed by atoms with van der Waals surface area (Å²) in [5.41, 5.74) is 2.24. The van der Waals surface area contributed by atoms with Gasteiger partial charge in [-0.1, -0.05) is 35.0 Å². The summed E-state index contributed by atoms with van der Waals surface area (Å²) in [6, 6.07) is 8.59. The molecule has 0 radical (unpaired) electrons. The van der Waals surface area contributed by atoms with Gasteiger partial charge in [-0.05, 0) is 26.8 Å². The van der Waals surface area contributed by atoms with E-state index in [9.17, 15) is 0 Å². The summed E-state index contributed by atoms with van der Waals surface area (Å²) in [4.78, 5) is 4.52. The van der Waals surface area contributed by atoms with Gasteiger partial charge >= 0.3 is 0 Å². The molecule has 0 aliphatic carbocycles. The van der Waals surface area contributed by atoms with E-state index < -0.39 is 0 Å². The fraction of sp³-hybridized carbons (Fsp3) is 0.429. The summed E-state index contributed by atoms with van der Waals surface area (Å²) in [7, 11) is 0. The van der Waals surface area contributed by atoms with Crippen LogP contribution in [-0.4, -0.2) is 22.7 Å². The average Bonchev–Trinajstić information content (AvgIpc) is 2.98. The Morgan fingerprint density at radius 2 is 2.06 bits per heavy atom. The Morgan fingerprint density at radius 3 is 2.72 bits per heavy atom. The molecule has 4 heteroatoms. The summed E-state index contributed by atoms with van der Waals surface area (Å²) in [6.07, 6.45) is 1.07. The number of hydrogen-bond acceptors (Lipinski definition) is 4. The summed E-state index contributed by atoms with van der Waals surface area (Å²) >= 11 is 0. The van der Waals surface area contributed by atoms with Crippen molar-refractivity contribution in [3.63, 3.8) is 0 Å². The van der Waals surface area contributed by atoms with Crippen molar-refractivity contribution in [2.75, 3.05) is 6.54 Å². The van der Waals surface area contributed by atoms with Gasteiger partial charge in [0.05, 0.1) is 5.92 Å². The lowest BCUT2D eigenvalue weighted by molar-refractivity contribution is 0.345. The topological polar surface area (TPSA) is 51.0 Å². The maximum atomic E-state index is 5.40. The predicted octanol–water partition coefficient (Wildman–Crippen LogP) is 2.51. The van der Waals surface area contributed by atoms with E-state index in [0.717, 1.165) is 24.4 Å². The van der Waals surface area contributed by atoms with Gasteiger partial charge in [0.1, 0.15) is 0 Å². The van der Waals surface area contributed by atoms with Crippen LogP contribution in [0.1, 0.15) is 30.7 Å². The first-order valence-corrected chi connectivity index (χ1v) is 6.38. The van der Waals surface area contributed by atoms with Gasteiger partial charge in [0.25, 0.3) is 0 Å². The van der Waals surface area contributed by atoms with Crippen molar-refractivity contribution >= 4 is 0 Å². The summed E-state index contributed by atoms with van der Waals surface area (Å²) in [5, 5.41) is 7.48. The third-order valence-corrected chi connectivity index (χ3v) is 3.59. The number of aromatic nitrogens is 2. The van der Waals surface area contributed by atoms with Crippen LogP contribution < -0.4 is 5.32 Å². The smallest absolute Gasteiger partial charge is 0.231 e. The fourth-order valence-corrected chi connectivity index (χ4v) is 2.40. The zero-order valence-electron chi connectivity index (χ0n) is 10.7. The highest BCUT2D eigenvalue weighted by molar-refractivity contribution is 5.54. The SMILES string of the molecule is Cc1ccc(-c2noc(C3CCNC3C)n2)cc1. The molecule has 1 aliphatic rings. The van der Waals surface area contributed by atoms with Crippen LogP contribution in [0.4, 0.5) is 0 Å². The number of benzene rings is 1. The van der Waals surface area contributed by atoms with E-state index in [2.05, 4.69) is 41.4 Å². The van der Waals surface area contributed by atoms with Gasteiger partial charge in [0, 0.05) is 11.6 Å². The first-order valence-electron chi connectivity index (χ1n) is 6.38. The molecule has 4 nitrogen and oxygen atoms in total. The van der Waals surface area contributed by atoms with Crippen LogP contribution in [0.2, 0.25) is 0 Å². The molecule has 1 fully saturated rings. The minimum absolute atomic E-state index is 0.344. The van der Waals surface area contributed by atoms with Crippen molar-refractivity contribution in [2.45, 2.75) is 32.2 Å². The Morgan fingerprint density at radius 1 is 1.28 bits per heavy atom. The Bertz CT molecular complexity index is 532. The van der Waals surface area contributed by atoms with Crippen LogP contribution in [-0.2, 0) is 0 Å². The van der Waals surface area contributed by atoms with E-state index in [-0.39, 0.29) is 0 Å². The van der Waals surface area contributed by atoms with Crippen LogP contribution in [0.25, 0.3) is 11.4 Å². The van der Waals surface area contributed by atoms with Gasteiger partial charge in [-0.2, -0.15) is 4.98 Å². The van der Waals surface area contributed by atoms with Crippen molar-refractivity contribution in [2.24, 2.45) is 0 Å².